The zero-order valence-electron chi connectivity index (χ0n) is 8.05. The minimum absolute atomic E-state index is 0.134. The number of hydrogen-bond donors (Lipinski definition) is 2. The second kappa shape index (κ2) is 3.54. The lowest BCUT2D eigenvalue weighted by atomic mass is 10.1. The van der Waals surface area contributed by atoms with E-state index in [9.17, 15) is 4.79 Å². The first-order valence-corrected chi connectivity index (χ1v) is 5.00. The Morgan fingerprint density at radius 3 is 3.00 bits per heavy atom. The third-order valence-electron chi connectivity index (χ3n) is 2.74. The van der Waals surface area contributed by atoms with Gasteiger partial charge in [0.2, 0.25) is 0 Å². The van der Waals surface area contributed by atoms with Gasteiger partial charge in [-0.1, -0.05) is 0 Å². The Bertz CT molecular complexity index is 203. The molecule has 1 atom stereocenters. The maximum atomic E-state index is 11.4. The summed E-state index contributed by atoms with van der Waals surface area (Å²) in [5.41, 5.74) is 0. The summed E-state index contributed by atoms with van der Waals surface area (Å²) < 4.78 is 0. The molecule has 13 heavy (non-hydrogen) atoms. The van der Waals surface area contributed by atoms with Gasteiger partial charge in [0.15, 0.2) is 0 Å². The molecule has 1 unspecified atom stereocenters. The summed E-state index contributed by atoms with van der Waals surface area (Å²) in [5.74, 6) is 0.572. The average molecular weight is 183 g/mol. The Morgan fingerprint density at radius 2 is 2.38 bits per heavy atom. The van der Waals surface area contributed by atoms with Gasteiger partial charge in [0, 0.05) is 31.6 Å². The van der Waals surface area contributed by atoms with Crippen molar-refractivity contribution in [2.24, 2.45) is 5.92 Å². The molecule has 2 aliphatic rings. The molecule has 74 valence electrons. The topological polar surface area (TPSA) is 44.4 Å². The van der Waals surface area contributed by atoms with Crippen molar-refractivity contribution in [1.29, 1.82) is 0 Å². The largest absolute Gasteiger partial charge is 0.338 e. The number of nitrogens with one attached hydrogen (secondary N) is 2. The summed E-state index contributed by atoms with van der Waals surface area (Å²) in [6.07, 6.45) is 2.39. The molecule has 0 spiro atoms. The van der Waals surface area contributed by atoms with Gasteiger partial charge >= 0.3 is 6.03 Å². The molecule has 1 saturated heterocycles. The molecule has 2 N–H and O–H groups in total. The first kappa shape index (κ1) is 8.81. The van der Waals surface area contributed by atoms with Crippen LogP contribution in [0.1, 0.15) is 12.8 Å². The fraction of sp³-hybridized carbons (Fsp3) is 0.889. The van der Waals surface area contributed by atoms with Gasteiger partial charge in [0.25, 0.3) is 0 Å². The monoisotopic (exact) mass is 183 g/mol. The van der Waals surface area contributed by atoms with Crippen molar-refractivity contribution < 1.29 is 4.79 Å². The van der Waals surface area contributed by atoms with E-state index in [-0.39, 0.29) is 6.03 Å². The minimum Gasteiger partial charge on any atom is -0.338 e. The van der Waals surface area contributed by atoms with Crippen LogP contribution in [-0.2, 0) is 0 Å². The molecule has 1 heterocycles. The summed E-state index contributed by atoms with van der Waals surface area (Å²) in [6.45, 7) is 2.74. The van der Waals surface area contributed by atoms with Gasteiger partial charge in [-0.05, 0) is 19.9 Å². The Morgan fingerprint density at radius 1 is 1.62 bits per heavy atom. The van der Waals surface area contributed by atoms with E-state index in [0.29, 0.717) is 12.0 Å². The van der Waals surface area contributed by atoms with Crippen molar-refractivity contribution in [2.75, 3.05) is 26.7 Å². The summed E-state index contributed by atoms with van der Waals surface area (Å²) in [4.78, 5) is 13.4. The van der Waals surface area contributed by atoms with Crippen LogP contribution >= 0.6 is 0 Å². The van der Waals surface area contributed by atoms with Gasteiger partial charge in [0.05, 0.1) is 0 Å². The van der Waals surface area contributed by atoms with E-state index in [1.807, 2.05) is 11.9 Å². The first-order chi connectivity index (χ1) is 6.31. The number of rotatable bonds is 3. The van der Waals surface area contributed by atoms with E-state index in [4.69, 9.17) is 0 Å². The van der Waals surface area contributed by atoms with Crippen LogP contribution in [0.15, 0.2) is 0 Å². The van der Waals surface area contributed by atoms with E-state index in [1.165, 1.54) is 12.8 Å². The first-order valence-electron chi connectivity index (χ1n) is 5.00. The number of urea groups is 1. The number of carbonyl (C=O) groups excluding carboxylic acids is 1. The van der Waals surface area contributed by atoms with Gasteiger partial charge < -0.3 is 15.5 Å². The highest BCUT2D eigenvalue weighted by Crippen LogP contribution is 2.28. The molecule has 4 heteroatoms. The fourth-order valence-electron chi connectivity index (χ4n) is 1.89. The fourth-order valence-corrected chi connectivity index (χ4v) is 1.89. The van der Waals surface area contributed by atoms with Crippen LogP contribution in [0.2, 0.25) is 0 Å². The second-order valence-corrected chi connectivity index (χ2v) is 3.99. The summed E-state index contributed by atoms with van der Waals surface area (Å²) >= 11 is 0. The van der Waals surface area contributed by atoms with Crippen LogP contribution in [0.25, 0.3) is 0 Å². The third kappa shape index (κ3) is 1.94. The molecule has 1 saturated carbocycles. The van der Waals surface area contributed by atoms with Crippen LogP contribution < -0.4 is 10.6 Å². The van der Waals surface area contributed by atoms with Crippen molar-refractivity contribution in [3.8, 4) is 0 Å². The van der Waals surface area contributed by atoms with Crippen molar-refractivity contribution >= 4 is 6.03 Å². The highest BCUT2D eigenvalue weighted by molar-refractivity contribution is 5.75. The lowest BCUT2D eigenvalue weighted by Crippen LogP contribution is -2.53. The highest BCUT2D eigenvalue weighted by atomic mass is 16.2. The summed E-state index contributed by atoms with van der Waals surface area (Å²) in [7, 11) is 1.96. The quantitative estimate of drug-likeness (QED) is 0.647. The van der Waals surface area contributed by atoms with Gasteiger partial charge in [-0.2, -0.15) is 0 Å². The molecule has 1 aliphatic heterocycles. The van der Waals surface area contributed by atoms with E-state index >= 15 is 0 Å². The van der Waals surface area contributed by atoms with E-state index in [0.717, 1.165) is 19.6 Å². The van der Waals surface area contributed by atoms with Crippen molar-refractivity contribution in [2.45, 2.75) is 18.9 Å². The molecular weight excluding hydrogens is 166 g/mol. The zero-order valence-corrected chi connectivity index (χ0v) is 8.05. The molecule has 2 amide bonds. The average Bonchev–Trinajstić information content (AvgIpc) is 2.92. The molecule has 0 aromatic heterocycles. The Labute approximate surface area is 78.7 Å². The lowest BCUT2D eigenvalue weighted by Gasteiger charge is -2.33. The van der Waals surface area contributed by atoms with Crippen LogP contribution in [0.4, 0.5) is 4.79 Å². The maximum Gasteiger partial charge on any atom is 0.317 e. The molecule has 2 fully saturated rings. The molecule has 1 aliphatic carbocycles. The van der Waals surface area contributed by atoms with Crippen LogP contribution in [0.5, 0.6) is 0 Å². The standard InChI is InChI=1S/C9H17N3O/c1-10-4-7-5-11-9(13)12(6-7)8-2-3-8/h7-8,10H,2-6H2,1H3,(H,11,13). The molecule has 0 aromatic rings. The highest BCUT2D eigenvalue weighted by Gasteiger charge is 2.36. The molecular formula is C9H17N3O. The lowest BCUT2D eigenvalue weighted by molar-refractivity contribution is 0.163. The summed E-state index contributed by atoms with van der Waals surface area (Å²) in [6, 6.07) is 0.675. The van der Waals surface area contributed by atoms with Crippen molar-refractivity contribution in [3.05, 3.63) is 0 Å². The predicted molar refractivity (Wildman–Crippen MR) is 50.5 cm³/mol. The predicted octanol–water partition coefficient (Wildman–Crippen LogP) is 0.00960. The number of carbonyl (C=O) groups is 1. The minimum atomic E-state index is 0.134. The third-order valence-corrected chi connectivity index (χ3v) is 2.74. The van der Waals surface area contributed by atoms with Gasteiger partial charge in [-0.15, -0.1) is 0 Å². The zero-order chi connectivity index (χ0) is 9.26. The maximum absolute atomic E-state index is 11.4. The van der Waals surface area contributed by atoms with Crippen molar-refractivity contribution in [1.82, 2.24) is 15.5 Å². The molecule has 0 bridgehead atoms. The number of nitrogens with zero attached hydrogens (tertiary/aromatic N) is 1. The molecule has 0 radical (unpaired) electrons. The normalized spacial score (nSPS) is 28.8. The van der Waals surface area contributed by atoms with Crippen LogP contribution in [0.3, 0.4) is 0 Å². The second-order valence-electron chi connectivity index (χ2n) is 3.99. The van der Waals surface area contributed by atoms with E-state index in [2.05, 4.69) is 10.6 Å². The SMILES string of the molecule is CNCC1CNC(=O)N(C2CC2)C1. The number of hydrogen-bond acceptors (Lipinski definition) is 2. The molecule has 2 rings (SSSR count). The Hall–Kier alpha value is -0.770. The van der Waals surface area contributed by atoms with Gasteiger partial charge in [0.1, 0.15) is 0 Å². The molecule has 4 nitrogen and oxygen atoms in total. The van der Waals surface area contributed by atoms with Gasteiger partial charge in [-0.25, -0.2) is 4.79 Å². The Balaban J connectivity index is 1.88. The van der Waals surface area contributed by atoms with E-state index < -0.39 is 0 Å². The van der Waals surface area contributed by atoms with Gasteiger partial charge in [-0.3, -0.25) is 0 Å². The van der Waals surface area contributed by atoms with Crippen molar-refractivity contribution in [3.63, 3.8) is 0 Å². The Kier molecular flexibility index (Phi) is 2.40. The van der Waals surface area contributed by atoms with Crippen LogP contribution in [0, 0.1) is 5.92 Å². The summed E-state index contributed by atoms with van der Waals surface area (Å²) in [5, 5.41) is 6.09. The van der Waals surface area contributed by atoms with Crippen LogP contribution in [-0.4, -0.2) is 43.7 Å². The smallest absolute Gasteiger partial charge is 0.317 e. The molecule has 0 aromatic carbocycles. The van der Waals surface area contributed by atoms with E-state index in [1.54, 1.807) is 0 Å². The number of amides is 2.